The van der Waals surface area contributed by atoms with E-state index in [1.807, 2.05) is 25.0 Å². The van der Waals surface area contributed by atoms with Gasteiger partial charge in [-0.25, -0.2) is 9.97 Å². The molecular weight excluding hydrogens is 298 g/mol. The summed E-state index contributed by atoms with van der Waals surface area (Å²) in [6.07, 6.45) is 3.96. The molecule has 21 heavy (non-hydrogen) atoms. The normalized spacial score (nSPS) is 11.2. The highest BCUT2D eigenvalue weighted by atomic mass is 32.2. The molecule has 3 aromatic rings. The fourth-order valence-electron chi connectivity index (χ4n) is 2.34. The van der Waals surface area contributed by atoms with Gasteiger partial charge in [0.15, 0.2) is 5.65 Å². The number of rotatable bonds is 4. The second-order valence-corrected chi connectivity index (χ2v) is 6.83. The van der Waals surface area contributed by atoms with Gasteiger partial charge in [0.05, 0.1) is 0 Å². The zero-order valence-electron chi connectivity index (χ0n) is 12.3. The van der Waals surface area contributed by atoms with Crippen LogP contribution in [-0.4, -0.2) is 26.5 Å². The number of nitrogens with zero attached hydrogens (tertiary/aromatic N) is 3. The summed E-state index contributed by atoms with van der Waals surface area (Å²) >= 11 is 3.54. The standard InChI is InChI=1S/C16H17N3S2/c1-4-21-14-8-6-5-7-12(14)15-18-13-9-11(20-3)10-17-16(13)19(15)2/h5-10H,4H2,1-3H3. The topological polar surface area (TPSA) is 30.7 Å². The van der Waals surface area contributed by atoms with Crippen LogP contribution in [0.2, 0.25) is 0 Å². The summed E-state index contributed by atoms with van der Waals surface area (Å²) in [5, 5.41) is 0. The van der Waals surface area contributed by atoms with Gasteiger partial charge < -0.3 is 4.57 Å². The first-order valence-corrected chi connectivity index (χ1v) is 9.04. The molecule has 3 rings (SSSR count). The Morgan fingerprint density at radius 3 is 2.81 bits per heavy atom. The molecule has 0 amide bonds. The van der Waals surface area contributed by atoms with Crippen LogP contribution in [0, 0.1) is 0 Å². The number of hydrogen-bond donors (Lipinski definition) is 0. The number of fused-ring (bicyclic) bond motifs is 1. The zero-order chi connectivity index (χ0) is 14.8. The molecule has 2 heterocycles. The average molecular weight is 315 g/mol. The van der Waals surface area contributed by atoms with Crippen LogP contribution >= 0.6 is 23.5 Å². The fraction of sp³-hybridized carbons (Fsp3) is 0.250. The predicted molar refractivity (Wildman–Crippen MR) is 92.1 cm³/mol. The summed E-state index contributed by atoms with van der Waals surface area (Å²) in [6, 6.07) is 10.5. The van der Waals surface area contributed by atoms with Crippen molar-refractivity contribution in [1.82, 2.24) is 14.5 Å². The average Bonchev–Trinajstić information content (AvgIpc) is 2.84. The van der Waals surface area contributed by atoms with E-state index in [0.717, 1.165) is 27.6 Å². The lowest BCUT2D eigenvalue weighted by molar-refractivity contribution is 0.936. The second kappa shape index (κ2) is 6.12. The van der Waals surface area contributed by atoms with Crippen LogP contribution < -0.4 is 0 Å². The molecular formula is C16H17N3S2. The third kappa shape index (κ3) is 2.68. The SMILES string of the molecule is CCSc1ccccc1-c1nc2cc(SC)cnc2n1C. The Labute approximate surface area is 133 Å². The fourth-order valence-corrected chi connectivity index (χ4v) is 3.53. The molecule has 0 aliphatic rings. The third-order valence-corrected chi connectivity index (χ3v) is 5.00. The highest BCUT2D eigenvalue weighted by Gasteiger charge is 2.14. The van der Waals surface area contributed by atoms with Gasteiger partial charge >= 0.3 is 0 Å². The van der Waals surface area contributed by atoms with Crippen molar-refractivity contribution < 1.29 is 0 Å². The van der Waals surface area contributed by atoms with Crippen LogP contribution in [0.1, 0.15) is 6.92 Å². The van der Waals surface area contributed by atoms with Crippen LogP contribution in [0.3, 0.4) is 0 Å². The van der Waals surface area contributed by atoms with Crippen molar-refractivity contribution in [3.8, 4) is 11.4 Å². The number of pyridine rings is 1. The summed E-state index contributed by atoms with van der Waals surface area (Å²) < 4.78 is 2.08. The summed E-state index contributed by atoms with van der Waals surface area (Å²) in [5.74, 6) is 2.03. The Kier molecular flexibility index (Phi) is 4.22. The van der Waals surface area contributed by atoms with Gasteiger partial charge in [0.2, 0.25) is 0 Å². The Balaban J connectivity index is 2.19. The van der Waals surface area contributed by atoms with Gasteiger partial charge in [-0.15, -0.1) is 23.5 Å². The number of benzene rings is 1. The molecule has 0 fully saturated rings. The zero-order valence-corrected chi connectivity index (χ0v) is 14.0. The predicted octanol–water partition coefficient (Wildman–Crippen LogP) is 4.47. The maximum Gasteiger partial charge on any atom is 0.160 e. The molecule has 0 radical (unpaired) electrons. The van der Waals surface area contributed by atoms with E-state index < -0.39 is 0 Å². The quantitative estimate of drug-likeness (QED) is 0.665. The molecule has 0 saturated heterocycles. The minimum atomic E-state index is 0.930. The molecule has 3 nitrogen and oxygen atoms in total. The summed E-state index contributed by atoms with van der Waals surface area (Å²) in [7, 11) is 2.03. The van der Waals surface area contributed by atoms with Crippen LogP contribution in [0.4, 0.5) is 0 Å². The number of hydrogen-bond acceptors (Lipinski definition) is 4. The molecule has 0 N–H and O–H groups in total. The van der Waals surface area contributed by atoms with Crippen molar-refractivity contribution in [2.75, 3.05) is 12.0 Å². The highest BCUT2D eigenvalue weighted by Crippen LogP contribution is 2.32. The number of aromatic nitrogens is 3. The highest BCUT2D eigenvalue weighted by molar-refractivity contribution is 7.99. The molecule has 0 atom stereocenters. The summed E-state index contributed by atoms with van der Waals surface area (Å²) in [4.78, 5) is 11.8. The number of thioether (sulfide) groups is 2. The van der Waals surface area contributed by atoms with Gasteiger partial charge in [0, 0.05) is 28.6 Å². The molecule has 0 unspecified atom stereocenters. The van der Waals surface area contributed by atoms with Gasteiger partial charge in [0.25, 0.3) is 0 Å². The lowest BCUT2D eigenvalue weighted by atomic mass is 10.2. The van der Waals surface area contributed by atoms with E-state index in [-0.39, 0.29) is 0 Å². The molecule has 2 aromatic heterocycles. The van der Waals surface area contributed by atoms with Crippen LogP contribution in [0.15, 0.2) is 46.3 Å². The van der Waals surface area contributed by atoms with Gasteiger partial charge in [0.1, 0.15) is 11.3 Å². The second-order valence-electron chi connectivity index (χ2n) is 4.64. The Hall–Kier alpha value is -1.46. The molecule has 0 aliphatic heterocycles. The summed E-state index contributed by atoms with van der Waals surface area (Å²) in [5.41, 5.74) is 3.06. The van der Waals surface area contributed by atoms with Crippen molar-refractivity contribution in [2.24, 2.45) is 7.05 Å². The van der Waals surface area contributed by atoms with E-state index in [0.29, 0.717) is 0 Å². The maximum atomic E-state index is 4.81. The molecule has 0 aliphatic carbocycles. The molecule has 0 saturated carbocycles. The monoisotopic (exact) mass is 315 g/mol. The Morgan fingerprint density at radius 1 is 1.24 bits per heavy atom. The first kappa shape index (κ1) is 14.5. The smallest absolute Gasteiger partial charge is 0.160 e. The minimum absolute atomic E-state index is 0.930. The third-order valence-electron chi connectivity index (χ3n) is 3.35. The van der Waals surface area contributed by atoms with Gasteiger partial charge in [-0.3, -0.25) is 0 Å². The minimum Gasteiger partial charge on any atom is -0.312 e. The number of aryl methyl sites for hydroxylation is 1. The van der Waals surface area contributed by atoms with Gasteiger partial charge in [-0.05, 0) is 24.1 Å². The van der Waals surface area contributed by atoms with Crippen molar-refractivity contribution in [1.29, 1.82) is 0 Å². The van der Waals surface area contributed by atoms with E-state index in [9.17, 15) is 0 Å². The van der Waals surface area contributed by atoms with Crippen molar-refractivity contribution >= 4 is 34.7 Å². The molecule has 5 heteroatoms. The first-order chi connectivity index (χ1) is 10.2. The van der Waals surface area contributed by atoms with Gasteiger partial charge in [-0.1, -0.05) is 25.1 Å². The van der Waals surface area contributed by atoms with Gasteiger partial charge in [-0.2, -0.15) is 0 Å². The molecule has 0 spiro atoms. The largest absolute Gasteiger partial charge is 0.312 e. The van der Waals surface area contributed by atoms with Crippen molar-refractivity contribution in [3.05, 3.63) is 36.5 Å². The Bertz CT molecular complexity index is 780. The first-order valence-electron chi connectivity index (χ1n) is 6.83. The number of imidazole rings is 1. The lowest BCUT2D eigenvalue weighted by Crippen LogP contribution is -1.95. The lowest BCUT2D eigenvalue weighted by Gasteiger charge is -2.07. The van der Waals surface area contributed by atoms with E-state index in [2.05, 4.69) is 53.1 Å². The van der Waals surface area contributed by atoms with E-state index >= 15 is 0 Å². The van der Waals surface area contributed by atoms with Crippen molar-refractivity contribution in [2.45, 2.75) is 16.7 Å². The van der Waals surface area contributed by atoms with E-state index in [4.69, 9.17) is 4.98 Å². The van der Waals surface area contributed by atoms with Crippen LogP contribution in [-0.2, 0) is 7.05 Å². The maximum absolute atomic E-state index is 4.81. The molecule has 108 valence electrons. The van der Waals surface area contributed by atoms with Crippen molar-refractivity contribution in [3.63, 3.8) is 0 Å². The Morgan fingerprint density at radius 2 is 2.05 bits per heavy atom. The molecule has 0 bridgehead atoms. The molecule has 1 aromatic carbocycles. The van der Waals surface area contributed by atoms with Crippen LogP contribution in [0.5, 0.6) is 0 Å². The summed E-state index contributed by atoms with van der Waals surface area (Å²) in [6.45, 7) is 2.17. The van der Waals surface area contributed by atoms with Crippen LogP contribution in [0.25, 0.3) is 22.6 Å². The van der Waals surface area contributed by atoms with E-state index in [1.165, 1.54) is 10.5 Å². The van der Waals surface area contributed by atoms with E-state index in [1.54, 1.807) is 11.8 Å².